The third-order valence-electron chi connectivity index (χ3n) is 4.49. The molecule has 8 nitrogen and oxygen atoms in total. The highest BCUT2D eigenvalue weighted by molar-refractivity contribution is 14.0. The van der Waals surface area contributed by atoms with Crippen LogP contribution < -0.4 is 15.5 Å². The molecule has 0 radical (unpaired) electrons. The number of carbonyl (C=O) groups excluding carboxylic acids is 1. The Labute approximate surface area is 183 Å². The molecular formula is C17H32IN7OS. The van der Waals surface area contributed by atoms with Gasteiger partial charge in [0.25, 0.3) is 0 Å². The van der Waals surface area contributed by atoms with Crippen molar-refractivity contribution in [2.75, 3.05) is 44.7 Å². The molecular weight excluding hydrogens is 477 g/mol. The average Bonchev–Trinajstić information content (AvgIpc) is 3.14. The topological polar surface area (TPSA) is 85.8 Å². The summed E-state index contributed by atoms with van der Waals surface area (Å²) in [6.45, 7) is 10.3. The van der Waals surface area contributed by atoms with E-state index >= 15 is 0 Å². The molecule has 1 atom stereocenters. The van der Waals surface area contributed by atoms with E-state index < -0.39 is 0 Å². The first-order valence-corrected chi connectivity index (χ1v) is 10.2. The summed E-state index contributed by atoms with van der Waals surface area (Å²) >= 11 is 1.48. The summed E-state index contributed by atoms with van der Waals surface area (Å²) in [6.07, 6.45) is 2.27. The number of hydrogen-bond donors (Lipinski definition) is 2. The quantitative estimate of drug-likeness (QED) is 0.331. The zero-order valence-electron chi connectivity index (χ0n) is 16.7. The second-order valence-corrected chi connectivity index (χ2v) is 7.15. The van der Waals surface area contributed by atoms with Crippen molar-refractivity contribution in [1.82, 2.24) is 24.9 Å². The monoisotopic (exact) mass is 509 g/mol. The van der Waals surface area contributed by atoms with Crippen LogP contribution >= 0.6 is 35.5 Å². The first-order chi connectivity index (χ1) is 12.6. The van der Waals surface area contributed by atoms with E-state index in [4.69, 9.17) is 0 Å². The first-order valence-electron chi connectivity index (χ1n) is 9.39. The molecule has 2 rings (SSSR count). The minimum absolute atomic E-state index is 0. The Balaban J connectivity index is 0.00000364. The van der Waals surface area contributed by atoms with E-state index in [0.29, 0.717) is 13.0 Å². The van der Waals surface area contributed by atoms with Gasteiger partial charge in [-0.05, 0) is 13.3 Å². The number of carbonyl (C=O) groups is 1. The highest BCUT2D eigenvalue weighted by Crippen LogP contribution is 2.19. The van der Waals surface area contributed by atoms with Crippen molar-refractivity contribution >= 4 is 52.5 Å². The van der Waals surface area contributed by atoms with Gasteiger partial charge in [0, 0.05) is 70.2 Å². The Morgan fingerprint density at radius 2 is 2.00 bits per heavy atom. The molecule has 10 heteroatoms. The van der Waals surface area contributed by atoms with Crippen molar-refractivity contribution in [3.05, 3.63) is 5.82 Å². The number of aryl methyl sites for hydroxylation is 1. The molecule has 0 aliphatic carbocycles. The van der Waals surface area contributed by atoms with Crippen LogP contribution in [0.15, 0.2) is 4.99 Å². The summed E-state index contributed by atoms with van der Waals surface area (Å²) in [5.41, 5.74) is 0. The van der Waals surface area contributed by atoms with Crippen LogP contribution in [0.3, 0.4) is 0 Å². The van der Waals surface area contributed by atoms with Gasteiger partial charge in [0.15, 0.2) is 5.96 Å². The van der Waals surface area contributed by atoms with Crippen LogP contribution in [-0.2, 0) is 11.2 Å². The van der Waals surface area contributed by atoms with Crippen LogP contribution in [0.25, 0.3) is 0 Å². The Morgan fingerprint density at radius 1 is 1.30 bits per heavy atom. The van der Waals surface area contributed by atoms with Crippen molar-refractivity contribution in [3.63, 3.8) is 0 Å². The summed E-state index contributed by atoms with van der Waals surface area (Å²) < 4.78 is 4.37. The van der Waals surface area contributed by atoms with E-state index in [9.17, 15) is 4.79 Å². The lowest BCUT2D eigenvalue weighted by Crippen LogP contribution is -2.53. The molecule has 1 aromatic heterocycles. The SMILES string of the molecule is CCc1nsc(N2CCN(C(=NC)NCCC(=O)NC(C)CC)CC2)n1.I. The predicted molar refractivity (Wildman–Crippen MR) is 122 cm³/mol. The summed E-state index contributed by atoms with van der Waals surface area (Å²) in [5.74, 6) is 1.85. The molecule has 1 amide bonds. The molecule has 0 aromatic carbocycles. The predicted octanol–water partition coefficient (Wildman–Crippen LogP) is 1.72. The Bertz CT molecular complexity index is 602. The summed E-state index contributed by atoms with van der Waals surface area (Å²) in [6, 6.07) is 0.225. The molecule has 27 heavy (non-hydrogen) atoms. The normalized spacial score (nSPS) is 15.9. The van der Waals surface area contributed by atoms with Gasteiger partial charge < -0.3 is 20.4 Å². The van der Waals surface area contributed by atoms with Gasteiger partial charge in [0.2, 0.25) is 11.0 Å². The smallest absolute Gasteiger partial charge is 0.221 e. The number of rotatable bonds is 7. The summed E-state index contributed by atoms with van der Waals surface area (Å²) in [5, 5.41) is 7.29. The standard InChI is InChI=1S/C17H31N7OS.HI/c1-5-13(3)20-15(25)7-8-19-16(18-4)23-9-11-24(12-10-23)17-21-14(6-2)22-26-17;/h13H,5-12H2,1-4H3,(H,18,19)(H,20,25);1H. The van der Waals surface area contributed by atoms with Gasteiger partial charge in [-0.3, -0.25) is 9.79 Å². The van der Waals surface area contributed by atoms with Gasteiger partial charge in [-0.15, -0.1) is 24.0 Å². The van der Waals surface area contributed by atoms with Crippen LogP contribution in [0.4, 0.5) is 5.13 Å². The van der Waals surface area contributed by atoms with Gasteiger partial charge in [0.05, 0.1) is 0 Å². The largest absolute Gasteiger partial charge is 0.356 e. The number of guanidine groups is 1. The van der Waals surface area contributed by atoms with Crippen LogP contribution in [0.5, 0.6) is 0 Å². The van der Waals surface area contributed by atoms with Crippen molar-refractivity contribution in [1.29, 1.82) is 0 Å². The third-order valence-corrected chi connectivity index (χ3v) is 5.30. The molecule has 0 saturated carbocycles. The molecule has 1 aliphatic rings. The number of halogens is 1. The number of nitrogens with zero attached hydrogens (tertiary/aromatic N) is 5. The highest BCUT2D eigenvalue weighted by atomic mass is 127. The van der Waals surface area contributed by atoms with Crippen molar-refractivity contribution in [2.45, 2.75) is 46.1 Å². The number of aromatic nitrogens is 2. The van der Waals surface area contributed by atoms with Crippen molar-refractivity contribution in [3.8, 4) is 0 Å². The van der Waals surface area contributed by atoms with Crippen LogP contribution in [0.1, 0.15) is 39.4 Å². The molecule has 0 bridgehead atoms. The molecule has 1 aromatic rings. The zero-order chi connectivity index (χ0) is 18.9. The van der Waals surface area contributed by atoms with E-state index in [1.54, 1.807) is 7.05 Å². The summed E-state index contributed by atoms with van der Waals surface area (Å²) in [7, 11) is 1.78. The number of aliphatic imine (C=N–C) groups is 1. The number of amides is 1. The van der Waals surface area contributed by atoms with E-state index in [-0.39, 0.29) is 35.9 Å². The van der Waals surface area contributed by atoms with E-state index in [1.165, 1.54) is 11.5 Å². The maximum atomic E-state index is 11.9. The van der Waals surface area contributed by atoms with Crippen LogP contribution in [0.2, 0.25) is 0 Å². The molecule has 2 heterocycles. The van der Waals surface area contributed by atoms with Gasteiger partial charge >= 0.3 is 0 Å². The highest BCUT2D eigenvalue weighted by Gasteiger charge is 2.22. The van der Waals surface area contributed by atoms with Gasteiger partial charge in [-0.2, -0.15) is 4.37 Å². The number of piperazine rings is 1. The van der Waals surface area contributed by atoms with E-state index in [0.717, 1.165) is 55.9 Å². The van der Waals surface area contributed by atoms with Gasteiger partial charge in [0.1, 0.15) is 5.82 Å². The van der Waals surface area contributed by atoms with Gasteiger partial charge in [-0.1, -0.05) is 13.8 Å². The fraction of sp³-hybridized carbons (Fsp3) is 0.765. The van der Waals surface area contributed by atoms with Crippen LogP contribution in [0, 0.1) is 0 Å². The molecule has 154 valence electrons. The van der Waals surface area contributed by atoms with Gasteiger partial charge in [-0.25, -0.2) is 4.98 Å². The summed E-state index contributed by atoms with van der Waals surface area (Å²) in [4.78, 5) is 25.3. The maximum Gasteiger partial charge on any atom is 0.221 e. The lowest BCUT2D eigenvalue weighted by molar-refractivity contribution is -0.121. The molecule has 1 saturated heterocycles. The Kier molecular flexibility index (Phi) is 10.9. The van der Waals surface area contributed by atoms with E-state index in [2.05, 4.69) is 48.6 Å². The van der Waals surface area contributed by atoms with Crippen molar-refractivity contribution in [2.24, 2.45) is 4.99 Å². The second kappa shape index (κ2) is 12.3. The Hall–Kier alpha value is -1.17. The fourth-order valence-corrected chi connectivity index (χ4v) is 3.50. The number of hydrogen-bond acceptors (Lipinski definition) is 6. The second-order valence-electron chi connectivity index (χ2n) is 6.42. The number of anilines is 1. The van der Waals surface area contributed by atoms with Crippen molar-refractivity contribution < 1.29 is 4.79 Å². The average molecular weight is 509 g/mol. The third kappa shape index (κ3) is 7.40. The Morgan fingerprint density at radius 3 is 2.56 bits per heavy atom. The number of nitrogens with one attached hydrogen (secondary N) is 2. The molecule has 1 unspecified atom stereocenters. The maximum absolute atomic E-state index is 11.9. The molecule has 1 aliphatic heterocycles. The van der Waals surface area contributed by atoms with Crippen LogP contribution in [-0.4, -0.2) is 71.9 Å². The minimum atomic E-state index is 0. The fourth-order valence-electron chi connectivity index (χ4n) is 2.70. The van der Waals surface area contributed by atoms with E-state index in [1.807, 2.05) is 6.92 Å². The zero-order valence-corrected chi connectivity index (χ0v) is 19.8. The first kappa shape index (κ1) is 23.9. The molecule has 1 fully saturated rings. The molecule has 2 N–H and O–H groups in total. The molecule has 0 spiro atoms. The minimum Gasteiger partial charge on any atom is -0.356 e. The lowest BCUT2D eigenvalue weighted by atomic mass is 10.2. The lowest BCUT2D eigenvalue weighted by Gasteiger charge is -2.36.